The Morgan fingerprint density at radius 2 is 2.56 bits per heavy atom. The van der Waals surface area contributed by atoms with E-state index >= 15 is 0 Å². The van der Waals surface area contributed by atoms with Crippen molar-refractivity contribution in [3.63, 3.8) is 0 Å². The SMILES string of the molecule is CCOC=CC(=O)NN. The summed E-state index contributed by atoms with van der Waals surface area (Å²) in [4.78, 5) is 10.3. The fourth-order valence-electron chi connectivity index (χ4n) is 0.254. The van der Waals surface area contributed by atoms with Gasteiger partial charge >= 0.3 is 0 Å². The molecule has 4 nitrogen and oxygen atoms in total. The van der Waals surface area contributed by atoms with E-state index in [1.165, 1.54) is 12.3 Å². The summed E-state index contributed by atoms with van der Waals surface area (Å²) in [7, 11) is 0. The number of amides is 1. The number of ether oxygens (including phenoxy) is 1. The lowest BCUT2D eigenvalue weighted by atomic mass is 10.6. The zero-order valence-corrected chi connectivity index (χ0v) is 5.26. The number of nitrogens with two attached hydrogens (primary N) is 1. The Kier molecular flexibility index (Phi) is 4.53. The molecule has 0 saturated carbocycles. The van der Waals surface area contributed by atoms with Crippen LogP contribution in [0.15, 0.2) is 12.3 Å². The van der Waals surface area contributed by atoms with Crippen molar-refractivity contribution < 1.29 is 9.53 Å². The summed E-state index contributed by atoms with van der Waals surface area (Å²) >= 11 is 0. The van der Waals surface area contributed by atoms with Crippen LogP contribution in [0.2, 0.25) is 0 Å². The highest BCUT2D eigenvalue weighted by Crippen LogP contribution is 1.74. The van der Waals surface area contributed by atoms with E-state index < -0.39 is 0 Å². The van der Waals surface area contributed by atoms with Crippen LogP contribution in [0.1, 0.15) is 6.92 Å². The quantitative estimate of drug-likeness (QED) is 0.178. The van der Waals surface area contributed by atoms with E-state index in [1.54, 1.807) is 0 Å². The fraction of sp³-hybridized carbons (Fsp3) is 0.400. The van der Waals surface area contributed by atoms with Gasteiger partial charge in [-0.1, -0.05) is 0 Å². The van der Waals surface area contributed by atoms with Gasteiger partial charge in [-0.15, -0.1) is 0 Å². The maximum Gasteiger partial charge on any atom is 0.260 e. The van der Waals surface area contributed by atoms with E-state index in [9.17, 15) is 4.79 Å². The smallest absolute Gasteiger partial charge is 0.260 e. The molecule has 0 aromatic carbocycles. The van der Waals surface area contributed by atoms with Crippen LogP contribution in [0.4, 0.5) is 0 Å². The van der Waals surface area contributed by atoms with Crippen molar-refractivity contribution in [1.29, 1.82) is 0 Å². The molecule has 52 valence electrons. The van der Waals surface area contributed by atoms with E-state index in [4.69, 9.17) is 10.6 Å². The van der Waals surface area contributed by atoms with Crippen LogP contribution in [0.25, 0.3) is 0 Å². The van der Waals surface area contributed by atoms with Crippen LogP contribution in [0.5, 0.6) is 0 Å². The predicted molar refractivity (Wildman–Crippen MR) is 33.1 cm³/mol. The van der Waals surface area contributed by atoms with Gasteiger partial charge in [0.2, 0.25) is 0 Å². The molecule has 0 rings (SSSR count). The van der Waals surface area contributed by atoms with Gasteiger partial charge in [0, 0.05) is 6.08 Å². The van der Waals surface area contributed by atoms with Crippen molar-refractivity contribution in [2.75, 3.05) is 6.61 Å². The van der Waals surface area contributed by atoms with Crippen LogP contribution in [-0.4, -0.2) is 12.5 Å². The molecule has 0 aromatic heterocycles. The number of hydrazine groups is 1. The maximum atomic E-state index is 10.3. The van der Waals surface area contributed by atoms with Gasteiger partial charge < -0.3 is 4.74 Å². The zero-order chi connectivity index (χ0) is 7.11. The maximum absolute atomic E-state index is 10.3. The molecule has 0 saturated heterocycles. The first-order chi connectivity index (χ1) is 4.31. The molecule has 0 bridgehead atoms. The first-order valence-electron chi connectivity index (χ1n) is 2.60. The van der Waals surface area contributed by atoms with Crippen molar-refractivity contribution in [3.05, 3.63) is 12.3 Å². The Bertz CT molecular complexity index is 112. The molecule has 0 unspecified atom stereocenters. The molecule has 3 N–H and O–H groups in total. The molecule has 0 aliphatic carbocycles. The van der Waals surface area contributed by atoms with Gasteiger partial charge in [-0.3, -0.25) is 10.2 Å². The van der Waals surface area contributed by atoms with E-state index in [1.807, 2.05) is 12.3 Å². The lowest BCUT2D eigenvalue weighted by Gasteiger charge is -1.91. The number of rotatable bonds is 3. The fourth-order valence-corrected chi connectivity index (χ4v) is 0.254. The van der Waals surface area contributed by atoms with E-state index in [0.29, 0.717) is 6.61 Å². The highest BCUT2D eigenvalue weighted by Gasteiger charge is 1.85. The summed E-state index contributed by atoms with van der Waals surface area (Å²) in [6, 6.07) is 0. The standard InChI is InChI=1S/C5H10N2O2/c1-2-9-4-3-5(8)7-6/h3-4H,2,6H2,1H3,(H,7,8). The second-order valence-corrected chi connectivity index (χ2v) is 1.27. The van der Waals surface area contributed by atoms with E-state index in [0.717, 1.165) is 0 Å². The second kappa shape index (κ2) is 5.11. The van der Waals surface area contributed by atoms with Crippen LogP contribution in [-0.2, 0) is 9.53 Å². The average molecular weight is 130 g/mol. The molecule has 0 atom stereocenters. The molecule has 0 radical (unpaired) electrons. The van der Waals surface area contributed by atoms with Crippen LogP contribution in [0, 0.1) is 0 Å². The number of hydrogen-bond donors (Lipinski definition) is 2. The molecule has 0 spiro atoms. The highest BCUT2D eigenvalue weighted by molar-refractivity contribution is 5.86. The van der Waals surface area contributed by atoms with Gasteiger partial charge in [-0.05, 0) is 6.92 Å². The highest BCUT2D eigenvalue weighted by atomic mass is 16.5. The van der Waals surface area contributed by atoms with Crippen LogP contribution >= 0.6 is 0 Å². The van der Waals surface area contributed by atoms with Crippen molar-refractivity contribution >= 4 is 5.91 Å². The van der Waals surface area contributed by atoms with Gasteiger partial charge in [-0.2, -0.15) is 0 Å². The molecule has 0 aliphatic rings. The summed E-state index contributed by atoms with van der Waals surface area (Å²) in [6.45, 7) is 2.37. The molecule has 0 aliphatic heterocycles. The normalized spacial score (nSPS) is 9.56. The summed E-state index contributed by atoms with van der Waals surface area (Å²) < 4.78 is 4.71. The minimum atomic E-state index is -0.372. The summed E-state index contributed by atoms with van der Waals surface area (Å²) in [5.41, 5.74) is 1.92. The van der Waals surface area contributed by atoms with Crippen molar-refractivity contribution in [1.82, 2.24) is 5.43 Å². The summed E-state index contributed by atoms with van der Waals surface area (Å²) in [5, 5.41) is 0. The van der Waals surface area contributed by atoms with Gasteiger partial charge in [0.1, 0.15) is 0 Å². The van der Waals surface area contributed by atoms with Crippen molar-refractivity contribution in [2.45, 2.75) is 6.92 Å². The third-order valence-electron chi connectivity index (χ3n) is 0.625. The third-order valence-corrected chi connectivity index (χ3v) is 0.625. The second-order valence-electron chi connectivity index (χ2n) is 1.27. The van der Waals surface area contributed by atoms with Crippen LogP contribution in [0.3, 0.4) is 0 Å². The zero-order valence-electron chi connectivity index (χ0n) is 5.26. The molecule has 0 heterocycles. The Hall–Kier alpha value is -1.03. The van der Waals surface area contributed by atoms with Gasteiger partial charge in [0.05, 0.1) is 12.9 Å². The molecule has 0 fully saturated rings. The molecular weight excluding hydrogens is 120 g/mol. The summed E-state index contributed by atoms with van der Waals surface area (Å²) in [5.74, 6) is 4.38. The Balaban J connectivity index is 3.32. The lowest BCUT2D eigenvalue weighted by molar-refractivity contribution is -0.116. The third kappa shape index (κ3) is 4.83. The monoisotopic (exact) mass is 130 g/mol. The minimum absolute atomic E-state index is 0.372. The average Bonchev–Trinajstić information content (AvgIpc) is 1.89. The van der Waals surface area contributed by atoms with Crippen molar-refractivity contribution in [2.24, 2.45) is 5.84 Å². The molecular formula is C5H10N2O2. The summed E-state index contributed by atoms with van der Waals surface area (Å²) in [6.07, 6.45) is 2.51. The van der Waals surface area contributed by atoms with E-state index in [2.05, 4.69) is 0 Å². The molecule has 0 aromatic rings. The first-order valence-corrected chi connectivity index (χ1v) is 2.60. The van der Waals surface area contributed by atoms with Gasteiger partial charge in [0.15, 0.2) is 0 Å². The number of hydrogen-bond acceptors (Lipinski definition) is 3. The largest absolute Gasteiger partial charge is 0.501 e. The van der Waals surface area contributed by atoms with Crippen LogP contribution < -0.4 is 11.3 Å². The predicted octanol–water partition coefficient (Wildman–Crippen LogP) is -0.473. The van der Waals surface area contributed by atoms with Gasteiger partial charge in [0.25, 0.3) is 5.91 Å². The Labute approximate surface area is 53.6 Å². The Morgan fingerprint density at radius 3 is 3.00 bits per heavy atom. The molecule has 1 amide bonds. The van der Waals surface area contributed by atoms with E-state index in [-0.39, 0.29) is 5.91 Å². The number of carbonyl (C=O) groups is 1. The number of carbonyl (C=O) groups excluding carboxylic acids is 1. The Morgan fingerprint density at radius 1 is 1.89 bits per heavy atom. The minimum Gasteiger partial charge on any atom is -0.501 e. The lowest BCUT2D eigenvalue weighted by Crippen LogP contribution is -2.28. The topological polar surface area (TPSA) is 64.3 Å². The number of nitrogens with one attached hydrogen (secondary N) is 1. The van der Waals surface area contributed by atoms with Crippen molar-refractivity contribution in [3.8, 4) is 0 Å². The first kappa shape index (κ1) is 7.97. The molecule has 9 heavy (non-hydrogen) atoms. The molecule has 4 heteroatoms. The van der Waals surface area contributed by atoms with Gasteiger partial charge in [-0.25, -0.2) is 5.84 Å².